The molecule has 0 radical (unpaired) electrons. The molecule has 1 N–H and O–H groups in total. The van der Waals surface area contributed by atoms with Gasteiger partial charge >= 0.3 is 0 Å². The highest BCUT2D eigenvalue weighted by atomic mass is 16.5. The summed E-state index contributed by atoms with van der Waals surface area (Å²) >= 11 is 0. The highest BCUT2D eigenvalue weighted by Crippen LogP contribution is 2.25. The number of aromatic nitrogens is 2. The molecule has 1 aromatic carbocycles. The lowest BCUT2D eigenvalue weighted by atomic mass is 10.2. The van der Waals surface area contributed by atoms with Gasteiger partial charge in [0.05, 0.1) is 6.54 Å². The second-order valence-corrected chi connectivity index (χ2v) is 5.04. The van der Waals surface area contributed by atoms with E-state index in [9.17, 15) is 0 Å². The summed E-state index contributed by atoms with van der Waals surface area (Å²) in [5.74, 6) is 2.59. The van der Waals surface area contributed by atoms with Crippen molar-refractivity contribution in [2.45, 2.75) is 19.9 Å². The molecule has 21 heavy (non-hydrogen) atoms. The maximum Gasteiger partial charge on any atom is 0.224 e. The molecule has 1 aliphatic rings. The van der Waals surface area contributed by atoms with Crippen molar-refractivity contribution in [1.82, 2.24) is 9.97 Å². The van der Waals surface area contributed by atoms with Crippen molar-refractivity contribution < 1.29 is 4.74 Å². The summed E-state index contributed by atoms with van der Waals surface area (Å²) in [6.45, 7) is 5.30. The zero-order valence-corrected chi connectivity index (χ0v) is 12.2. The van der Waals surface area contributed by atoms with Crippen LogP contribution in [0.25, 0.3) is 0 Å². The third kappa shape index (κ3) is 3.24. The van der Waals surface area contributed by atoms with Gasteiger partial charge in [0.25, 0.3) is 0 Å². The van der Waals surface area contributed by atoms with Crippen LogP contribution >= 0.6 is 0 Å². The highest BCUT2D eigenvalue weighted by molar-refractivity contribution is 5.46. The van der Waals surface area contributed by atoms with E-state index < -0.39 is 0 Å². The van der Waals surface area contributed by atoms with Gasteiger partial charge < -0.3 is 15.0 Å². The topological polar surface area (TPSA) is 50.3 Å². The largest absolute Gasteiger partial charge is 0.491 e. The van der Waals surface area contributed by atoms with Crippen LogP contribution in [0.5, 0.6) is 5.75 Å². The summed E-state index contributed by atoms with van der Waals surface area (Å²) in [6, 6.07) is 10.1. The van der Waals surface area contributed by atoms with E-state index in [1.54, 1.807) is 6.20 Å². The van der Waals surface area contributed by atoms with E-state index in [-0.39, 0.29) is 0 Å². The molecule has 2 heterocycles. The van der Waals surface area contributed by atoms with Crippen molar-refractivity contribution in [3.8, 4) is 5.75 Å². The molecule has 0 aliphatic carbocycles. The van der Waals surface area contributed by atoms with E-state index in [4.69, 9.17) is 4.74 Å². The zero-order valence-electron chi connectivity index (χ0n) is 12.2. The lowest BCUT2D eigenvalue weighted by molar-refractivity contribution is 0.331. The molecule has 0 atom stereocenters. The monoisotopic (exact) mass is 284 g/mol. The SMILES string of the molecule is CCCNc1nccc(N2CCOc3ccccc3C2)n1. The first-order chi connectivity index (χ1) is 10.4. The number of nitrogens with one attached hydrogen (secondary N) is 1. The van der Waals surface area contributed by atoms with E-state index >= 15 is 0 Å². The number of benzene rings is 1. The Morgan fingerprint density at radius 2 is 2.19 bits per heavy atom. The van der Waals surface area contributed by atoms with Crippen LogP contribution in [0.15, 0.2) is 36.5 Å². The molecule has 0 saturated carbocycles. The minimum absolute atomic E-state index is 0.665. The molecule has 1 aliphatic heterocycles. The summed E-state index contributed by atoms with van der Waals surface area (Å²) in [6.07, 6.45) is 2.86. The molecule has 5 nitrogen and oxygen atoms in total. The molecule has 110 valence electrons. The van der Waals surface area contributed by atoms with Gasteiger partial charge in [-0.1, -0.05) is 25.1 Å². The van der Waals surface area contributed by atoms with Crippen LogP contribution in [0, 0.1) is 0 Å². The molecular formula is C16H20N4O. The fraction of sp³-hybridized carbons (Fsp3) is 0.375. The summed E-state index contributed by atoms with van der Waals surface area (Å²) in [4.78, 5) is 11.1. The Morgan fingerprint density at radius 3 is 3.10 bits per heavy atom. The number of fused-ring (bicyclic) bond motifs is 1. The number of hydrogen-bond acceptors (Lipinski definition) is 5. The minimum atomic E-state index is 0.665. The van der Waals surface area contributed by atoms with Crippen LogP contribution in [0.3, 0.4) is 0 Å². The third-order valence-electron chi connectivity index (χ3n) is 3.45. The molecule has 5 heteroatoms. The molecule has 1 aromatic heterocycles. The van der Waals surface area contributed by atoms with E-state index in [2.05, 4.69) is 33.2 Å². The first kappa shape index (κ1) is 13.7. The van der Waals surface area contributed by atoms with Crippen LogP contribution < -0.4 is 15.0 Å². The maximum absolute atomic E-state index is 5.79. The summed E-state index contributed by atoms with van der Waals surface area (Å²) < 4.78 is 5.79. The van der Waals surface area contributed by atoms with Crippen molar-refractivity contribution in [3.05, 3.63) is 42.1 Å². The van der Waals surface area contributed by atoms with Crippen molar-refractivity contribution in [2.24, 2.45) is 0 Å². The number of rotatable bonds is 4. The van der Waals surface area contributed by atoms with Gasteiger partial charge in [-0.3, -0.25) is 0 Å². The Bertz CT molecular complexity index is 602. The van der Waals surface area contributed by atoms with E-state index in [0.717, 1.165) is 37.6 Å². The number of hydrogen-bond donors (Lipinski definition) is 1. The highest BCUT2D eigenvalue weighted by Gasteiger charge is 2.16. The summed E-state index contributed by atoms with van der Waals surface area (Å²) in [7, 11) is 0. The van der Waals surface area contributed by atoms with Crippen LogP contribution in [-0.4, -0.2) is 29.7 Å². The average molecular weight is 284 g/mol. The van der Waals surface area contributed by atoms with Gasteiger partial charge in [0.1, 0.15) is 18.2 Å². The van der Waals surface area contributed by atoms with E-state index in [1.807, 2.05) is 24.3 Å². The second-order valence-electron chi connectivity index (χ2n) is 5.04. The molecule has 0 fully saturated rings. The van der Waals surface area contributed by atoms with Gasteiger partial charge in [0.2, 0.25) is 5.95 Å². The van der Waals surface area contributed by atoms with Crippen molar-refractivity contribution in [1.29, 1.82) is 0 Å². The Kier molecular flexibility index (Phi) is 4.19. The lowest BCUT2D eigenvalue weighted by Gasteiger charge is -2.21. The van der Waals surface area contributed by atoms with Gasteiger partial charge in [0.15, 0.2) is 0 Å². The van der Waals surface area contributed by atoms with Crippen LogP contribution in [0.2, 0.25) is 0 Å². The average Bonchev–Trinajstić information content (AvgIpc) is 2.75. The Hall–Kier alpha value is -2.30. The van der Waals surface area contributed by atoms with Crippen LogP contribution in [0.4, 0.5) is 11.8 Å². The van der Waals surface area contributed by atoms with Gasteiger partial charge in [0, 0.05) is 24.8 Å². The lowest BCUT2D eigenvalue weighted by Crippen LogP contribution is -2.26. The van der Waals surface area contributed by atoms with Crippen LogP contribution in [0.1, 0.15) is 18.9 Å². The minimum Gasteiger partial charge on any atom is -0.491 e. The van der Waals surface area contributed by atoms with E-state index in [1.165, 1.54) is 5.56 Å². The zero-order chi connectivity index (χ0) is 14.5. The first-order valence-corrected chi connectivity index (χ1v) is 7.39. The quantitative estimate of drug-likeness (QED) is 0.935. The van der Waals surface area contributed by atoms with Gasteiger partial charge in [-0.2, -0.15) is 4.98 Å². The van der Waals surface area contributed by atoms with Crippen molar-refractivity contribution in [2.75, 3.05) is 29.9 Å². The molecule has 0 bridgehead atoms. The van der Waals surface area contributed by atoms with E-state index in [0.29, 0.717) is 12.6 Å². The number of ether oxygens (including phenoxy) is 1. The van der Waals surface area contributed by atoms with Crippen molar-refractivity contribution in [3.63, 3.8) is 0 Å². The summed E-state index contributed by atoms with van der Waals surface area (Å²) in [5, 5.41) is 3.23. The number of anilines is 2. The predicted octanol–water partition coefficient (Wildman–Crippen LogP) is 2.70. The number of para-hydroxylation sites is 1. The molecule has 0 saturated heterocycles. The maximum atomic E-state index is 5.79. The fourth-order valence-electron chi connectivity index (χ4n) is 2.37. The Balaban J connectivity index is 1.80. The smallest absolute Gasteiger partial charge is 0.224 e. The Labute approximate surface area is 125 Å². The fourth-order valence-corrected chi connectivity index (χ4v) is 2.37. The van der Waals surface area contributed by atoms with Crippen molar-refractivity contribution >= 4 is 11.8 Å². The first-order valence-electron chi connectivity index (χ1n) is 7.39. The van der Waals surface area contributed by atoms with Crippen LogP contribution in [-0.2, 0) is 6.54 Å². The molecular weight excluding hydrogens is 264 g/mol. The van der Waals surface area contributed by atoms with Gasteiger partial charge in [-0.15, -0.1) is 0 Å². The summed E-state index contributed by atoms with van der Waals surface area (Å²) in [5.41, 5.74) is 1.19. The molecule has 0 amide bonds. The molecule has 3 rings (SSSR count). The molecule has 0 spiro atoms. The molecule has 0 unspecified atom stereocenters. The molecule has 2 aromatic rings. The van der Waals surface area contributed by atoms with Gasteiger partial charge in [-0.05, 0) is 18.6 Å². The third-order valence-corrected chi connectivity index (χ3v) is 3.45. The predicted molar refractivity (Wildman–Crippen MR) is 83.8 cm³/mol. The van der Waals surface area contributed by atoms with Gasteiger partial charge in [-0.25, -0.2) is 4.98 Å². The standard InChI is InChI=1S/C16H20N4O/c1-2-8-17-16-18-9-7-15(19-16)20-10-11-21-14-6-4-3-5-13(14)12-20/h3-7,9H,2,8,10-12H2,1H3,(H,17,18,19). The normalized spacial score (nSPS) is 14.0. The number of nitrogens with zero attached hydrogens (tertiary/aromatic N) is 3. The second kappa shape index (κ2) is 6.43. The Morgan fingerprint density at radius 1 is 1.29 bits per heavy atom.